The lowest BCUT2D eigenvalue weighted by molar-refractivity contribution is -0.117. The molecule has 0 saturated heterocycles. The molecule has 2 aromatic heterocycles. The van der Waals surface area contributed by atoms with Crippen molar-refractivity contribution < 1.29 is 9.53 Å². The van der Waals surface area contributed by atoms with Crippen molar-refractivity contribution in [3.05, 3.63) is 48.4 Å². The minimum absolute atomic E-state index is 0.0396. The number of anilines is 1. The number of carbonyl (C=O) groups is 1. The number of methoxy groups -OCH3 is 1. The van der Waals surface area contributed by atoms with Crippen LogP contribution in [-0.4, -0.2) is 28.0 Å². The van der Waals surface area contributed by atoms with Crippen LogP contribution in [0.25, 0.3) is 22.5 Å². The fraction of sp³-hybridized carbons (Fsp3) is 0.250. The molecule has 1 aliphatic rings. The third-order valence-electron chi connectivity index (χ3n) is 4.43. The molecule has 2 N–H and O–H groups in total. The summed E-state index contributed by atoms with van der Waals surface area (Å²) in [5.74, 6) is 2.30. The van der Waals surface area contributed by atoms with Crippen LogP contribution in [0.2, 0.25) is 0 Å². The number of hydrogen-bond acceptors (Lipinski definition) is 4. The molecule has 0 aliphatic heterocycles. The first-order valence-electron chi connectivity index (χ1n) is 8.63. The van der Waals surface area contributed by atoms with Crippen LogP contribution in [0.15, 0.2) is 42.6 Å². The second-order valence-electron chi connectivity index (χ2n) is 6.44. The van der Waals surface area contributed by atoms with Gasteiger partial charge in [-0.3, -0.25) is 4.79 Å². The number of imidazole rings is 1. The Labute approximate surface area is 151 Å². The molecule has 1 fully saturated rings. The first-order chi connectivity index (χ1) is 12.7. The number of aromatic nitrogens is 3. The number of aromatic amines is 1. The van der Waals surface area contributed by atoms with Crippen LogP contribution in [0, 0.1) is 12.8 Å². The number of nitrogens with zero attached hydrogens (tertiary/aromatic N) is 2. The van der Waals surface area contributed by atoms with Crippen LogP contribution < -0.4 is 10.1 Å². The van der Waals surface area contributed by atoms with Gasteiger partial charge in [0.05, 0.1) is 18.5 Å². The highest BCUT2D eigenvalue weighted by atomic mass is 16.5. The molecule has 1 aromatic carbocycles. The Morgan fingerprint density at radius 1 is 1.27 bits per heavy atom. The van der Waals surface area contributed by atoms with E-state index >= 15 is 0 Å². The zero-order valence-electron chi connectivity index (χ0n) is 14.7. The summed E-state index contributed by atoms with van der Waals surface area (Å²) < 4.78 is 5.49. The van der Waals surface area contributed by atoms with Crippen molar-refractivity contribution in [2.75, 3.05) is 12.4 Å². The van der Waals surface area contributed by atoms with Crippen molar-refractivity contribution in [3.63, 3.8) is 0 Å². The number of amides is 1. The second kappa shape index (κ2) is 6.63. The van der Waals surface area contributed by atoms with Gasteiger partial charge in [-0.1, -0.05) is 12.1 Å². The quantitative estimate of drug-likeness (QED) is 0.735. The number of carbonyl (C=O) groups excluding carboxylic acids is 1. The fourth-order valence-corrected chi connectivity index (χ4v) is 2.97. The molecule has 6 nitrogen and oxygen atoms in total. The predicted octanol–water partition coefficient (Wildman–Crippen LogP) is 3.80. The number of rotatable bonds is 5. The van der Waals surface area contributed by atoms with Gasteiger partial charge in [0.25, 0.3) is 0 Å². The maximum absolute atomic E-state index is 12.0. The molecule has 0 radical (unpaired) electrons. The van der Waals surface area contributed by atoms with Crippen LogP contribution in [0.5, 0.6) is 5.75 Å². The van der Waals surface area contributed by atoms with E-state index in [1.54, 1.807) is 13.3 Å². The monoisotopic (exact) mass is 348 g/mol. The number of aryl methyl sites for hydroxylation is 1. The Kier molecular flexibility index (Phi) is 4.16. The van der Waals surface area contributed by atoms with Crippen LogP contribution in [-0.2, 0) is 4.79 Å². The van der Waals surface area contributed by atoms with Crippen molar-refractivity contribution in [1.82, 2.24) is 15.0 Å². The van der Waals surface area contributed by atoms with Gasteiger partial charge in [-0.25, -0.2) is 9.97 Å². The van der Waals surface area contributed by atoms with Crippen molar-refractivity contribution in [2.45, 2.75) is 19.8 Å². The predicted molar refractivity (Wildman–Crippen MR) is 99.9 cm³/mol. The van der Waals surface area contributed by atoms with Crippen LogP contribution >= 0.6 is 0 Å². The third-order valence-corrected chi connectivity index (χ3v) is 4.43. The molecule has 2 heterocycles. The lowest BCUT2D eigenvalue weighted by Gasteiger charge is -2.09. The molecule has 1 amide bonds. The number of H-pyrrole nitrogens is 1. The number of ether oxygens (including phenoxy) is 1. The Morgan fingerprint density at radius 3 is 2.85 bits per heavy atom. The topological polar surface area (TPSA) is 79.9 Å². The van der Waals surface area contributed by atoms with E-state index in [1.807, 2.05) is 43.3 Å². The summed E-state index contributed by atoms with van der Waals surface area (Å²) in [5.41, 5.74) is 3.50. The Hall–Kier alpha value is -3.15. The number of pyridine rings is 1. The molecular weight excluding hydrogens is 328 g/mol. The van der Waals surface area contributed by atoms with E-state index in [4.69, 9.17) is 4.74 Å². The summed E-state index contributed by atoms with van der Waals surface area (Å²) in [6.07, 6.45) is 3.61. The zero-order chi connectivity index (χ0) is 18.1. The smallest absolute Gasteiger partial charge is 0.228 e. The first kappa shape index (κ1) is 16.3. The van der Waals surface area contributed by atoms with Crippen LogP contribution in [0.1, 0.15) is 18.7 Å². The van der Waals surface area contributed by atoms with E-state index < -0.39 is 0 Å². The minimum atomic E-state index is 0.0396. The van der Waals surface area contributed by atoms with Gasteiger partial charge in [-0.05, 0) is 44.0 Å². The third kappa shape index (κ3) is 3.18. The molecule has 0 unspecified atom stereocenters. The van der Waals surface area contributed by atoms with E-state index in [1.165, 1.54) is 0 Å². The number of hydrogen-bond donors (Lipinski definition) is 2. The molecule has 0 bridgehead atoms. The summed E-state index contributed by atoms with van der Waals surface area (Å²) in [5, 5.41) is 2.89. The van der Waals surface area contributed by atoms with E-state index in [0.29, 0.717) is 5.82 Å². The number of nitrogens with one attached hydrogen (secondary N) is 2. The summed E-state index contributed by atoms with van der Waals surface area (Å²) in [6.45, 7) is 1.92. The Morgan fingerprint density at radius 2 is 2.08 bits per heavy atom. The van der Waals surface area contributed by atoms with Crippen molar-refractivity contribution >= 4 is 11.7 Å². The molecular formula is C20H20N4O2. The van der Waals surface area contributed by atoms with Gasteiger partial charge in [0, 0.05) is 23.2 Å². The van der Waals surface area contributed by atoms with Gasteiger partial charge >= 0.3 is 0 Å². The number of para-hydroxylation sites is 1. The van der Waals surface area contributed by atoms with Crippen molar-refractivity contribution in [1.29, 1.82) is 0 Å². The average molecular weight is 348 g/mol. The van der Waals surface area contributed by atoms with Crippen molar-refractivity contribution in [2.24, 2.45) is 5.92 Å². The fourth-order valence-electron chi connectivity index (χ4n) is 2.97. The zero-order valence-corrected chi connectivity index (χ0v) is 14.7. The molecule has 6 heteroatoms. The Balaban J connectivity index is 1.73. The highest BCUT2D eigenvalue weighted by Gasteiger charge is 2.29. The maximum Gasteiger partial charge on any atom is 0.228 e. The summed E-state index contributed by atoms with van der Waals surface area (Å²) in [4.78, 5) is 24.2. The minimum Gasteiger partial charge on any atom is -0.496 e. The SMILES string of the molecule is COc1ccccc1-c1[nH]c(C)nc1-c1ccnc(NC(=O)C2CC2)c1. The van der Waals surface area contributed by atoms with Gasteiger partial charge in [-0.2, -0.15) is 0 Å². The lowest BCUT2D eigenvalue weighted by atomic mass is 10.0. The molecule has 3 aromatic rings. The second-order valence-corrected chi connectivity index (χ2v) is 6.44. The molecule has 0 spiro atoms. The van der Waals surface area contributed by atoms with E-state index in [9.17, 15) is 4.79 Å². The van der Waals surface area contributed by atoms with Crippen LogP contribution in [0.3, 0.4) is 0 Å². The van der Waals surface area contributed by atoms with Gasteiger partial charge in [0.2, 0.25) is 5.91 Å². The molecule has 132 valence electrons. The van der Waals surface area contributed by atoms with Gasteiger partial charge in [0.1, 0.15) is 17.4 Å². The lowest BCUT2D eigenvalue weighted by Crippen LogP contribution is -2.14. The van der Waals surface area contributed by atoms with Crippen LogP contribution in [0.4, 0.5) is 5.82 Å². The van der Waals surface area contributed by atoms with E-state index in [-0.39, 0.29) is 11.8 Å². The standard InChI is InChI=1S/C20H20N4O2/c1-12-22-18(19(23-12)15-5-3-4-6-16(15)26-2)14-9-10-21-17(11-14)24-20(25)13-7-8-13/h3-6,9-11,13H,7-8H2,1-2H3,(H,22,23)(H,21,24,25). The molecule has 4 rings (SSSR count). The summed E-state index contributed by atoms with van der Waals surface area (Å²) >= 11 is 0. The van der Waals surface area contributed by atoms with Gasteiger partial charge in [0.15, 0.2) is 0 Å². The number of benzene rings is 1. The van der Waals surface area contributed by atoms with E-state index in [2.05, 4.69) is 20.3 Å². The van der Waals surface area contributed by atoms with Gasteiger partial charge < -0.3 is 15.0 Å². The summed E-state index contributed by atoms with van der Waals surface area (Å²) in [6, 6.07) is 11.6. The molecule has 1 saturated carbocycles. The molecule has 0 atom stereocenters. The largest absolute Gasteiger partial charge is 0.496 e. The van der Waals surface area contributed by atoms with E-state index in [0.717, 1.165) is 46.9 Å². The highest BCUT2D eigenvalue weighted by Crippen LogP contribution is 2.36. The van der Waals surface area contributed by atoms with Gasteiger partial charge in [-0.15, -0.1) is 0 Å². The van der Waals surface area contributed by atoms with Crippen molar-refractivity contribution in [3.8, 4) is 28.3 Å². The highest BCUT2D eigenvalue weighted by molar-refractivity contribution is 5.94. The average Bonchev–Trinajstić information content (AvgIpc) is 3.44. The maximum atomic E-state index is 12.0. The molecule has 1 aliphatic carbocycles. The summed E-state index contributed by atoms with van der Waals surface area (Å²) in [7, 11) is 1.65. The first-order valence-corrected chi connectivity index (χ1v) is 8.63. The molecule has 26 heavy (non-hydrogen) atoms. The Bertz CT molecular complexity index is 960. The normalized spacial score (nSPS) is 13.5.